The van der Waals surface area contributed by atoms with Crippen LogP contribution in [0.5, 0.6) is 5.75 Å². The number of rotatable bonds is 3. The van der Waals surface area contributed by atoms with Crippen molar-refractivity contribution in [3.8, 4) is 17.0 Å². The van der Waals surface area contributed by atoms with E-state index in [1.54, 1.807) is 6.07 Å². The van der Waals surface area contributed by atoms with Crippen LogP contribution in [0.25, 0.3) is 22.3 Å². The van der Waals surface area contributed by atoms with E-state index < -0.39 is 35.2 Å². The quantitative estimate of drug-likeness (QED) is 0.629. The summed E-state index contributed by atoms with van der Waals surface area (Å²) >= 11 is 0. The fourth-order valence-corrected chi connectivity index (χ4v) is 3.50. The number of aryl methyl sites for hydroxylation is 1. The normalized spacial score (nSPS) is 18.7. The van der Waals surface area contributed by atoms with Gasteiger partial charge in [-0.25, -0.2) is 4.98 Å². The number of benzene rings is 1. The molecule has 0 saturated carbocycles. The van der Waals surface area contributed by atoms with E-state index >= 15 is 0 Å². The van der Waals surface area contributed by atoms with Crippen LogP contribution >= 0.6 is 0 Å². The number of fused-ring (bicyclic) bond motifs is 1. The van der Waals surface area contributed by atoms with Crippen molar-refractivity contribution < 1.29 is 31.9 Å². The summed E-state index contributed by atoms with van der Waals surface area (Å²) < 4.78 is 67.7. The van der Waals surface area contributed by atoms with Crippen molar-refractivity contribution in [3.05, 3.63) is 41.6 Å². The Hall–Kier alpha value is -3.24. The van der Waals surface area contributed by atoms with E-state index in [-0.39, 0.29) is 35.6 Å². The van der Waals surface area contributed by atoms with Crippen molar-refractivity contribution in [1.82, 2.24) is 20.1 Å². The maximum absolute atomic E-state index is 13.9. The topological polar surface area (TPSA) is 80.0 Å². The van der Waals surface area contributed by atoms with Gasteiger partial charge in [0.1, 0.15) is 5.75 Å². The molecule has 6 nitrogen and oxygen atoms in total. The molecule has 1 atom stereocenters. The number of aromatic hydroxyl groups is 1. The van der Waals surface area contributed by atoms with Crippen LogP contribution in [0.1, 0.15) is 11.1 Å². The van der Waals surface area contributed by atoms with Gasteiger partial charge < -0.3 is 10.4 Å². The number of hydrogen-bond acceptors (Lipinski definition) is 4. The van der Waals surface area contributed by atoms with Crippen LogP contribution in [0.4, 0.5) is 22.0 Å². The van der Waals surface area contributed by atoms with Crippen LogP contribution in [-0.4, -0.2) is 38.2 Å². The van der Waals surface area contributed by atoms with E-state index in [0.717, 1.165) is 6.07 Å². The largest absolute Gasteiger partial charge is 0.507 e. The third-order valence-corrected chi connectivity index (χ3v) is 5.05. The molecule has 1 saturated heterocycles. The predicted molar refractivity (Wildman–Crippen MR) is 95.8 cm³/mol. The van der Waals surface area contributed by atoms with Crippen molar-refractivity contribution in [1.29, 1.82) is 0 Å². The molecule has 1 amide bonds. The average molecular weight is 426 g/mol. The SMILES string of the molecule is Cc1cc(C(F)(F)F)cc(O)c1-c1ccc2cn(C[C@H]3CNC(=O)C3(F)F)nc2n1. The number of hydrogen-bond donors (Lipinski definition) is 2. The fourth-order valence-electron chi connectivity index (χ4n) is 3.50. The number of aromatic nitrogens is 3. The Balaban J connectivity index is 1.68. The Labute approximate surface area is 166 Å². The highest BCUT2D eigenvalue weighted by molar-refractivity contribution is 5.86. The van der Waals surface area contributed by atoms with E-state index in [1.807, 2.05) is 0 Å². The fraction of sp³-hybridized carbons (Fsp3) is 0.316. The molecular weight excluding hydrogens is 411 g/mol. The van der Waals surface area contributed by atoms with Gasteiger partial charge in [0.25, 0.3) is 5.91 Å². The summed E-state index contributed by atoms with van der Waals surface area (Å²) in [4.78, 5) is 15.5. The summed E-state index contributed by atoms with van der Waals surface area (Å²) in [6, 6.07) is 4.61. The first-order valence-corrected chi connectivity index (χ1v) is 8.88. The van der Waals surface area contributed by atoms with Gasteiger partial charge >= 0.3 is 12.1 Å². The Morgan fingerprint density at radius 2 is 2.03 bits per heavy atom. The third-order valence-electron chi connectivity index (χ3n) is 5.05. The van der Waals surface area contributed by atoms with E-state index in [0.29, 0.717) is 11.5 Å². The molecule has 0 radical (unpaired) electrons. The van der Waals surface area contributed by atoms with Gasteiger partial charge in [0.2, 0.25) is 0 Å². The minimum atomic E-state index is -4.60. The minimum absolute atomic E-state index is 0.122. The molecule has 2 N–H and O–H groups in total. The monoisotopic (exact) mass is 426 g/mol. The molecule has 1 aliphatic rings. The zero-order valence-corrected chi connectivity index (χ0v) is 15.5. The number of phenolic OH excluding ortho intramolecular Hbond substituents is 1. The first kappa shape index (κ1) is 20.0. The summed E-state index contributed by atoms with van der Waals surface area (Å²) in [5.74, 6) is -6.67. The minimum Gasteiger partial charge on any atom is -0.507 e. The van der Waals surface area contributed by atoms with Gasteiger partial charge in [0.05, 0.1) is 23.7 Å². The Kier molecular flexibility index (Phi) is 4.44. The molecule has 3 heterocycles. The molecule has 0 spiro atoms. The van der Waals surface area contributed by atoms with Gasteiger partial charge in [-0.15, -0.1) is 0 Å². The number of amides is 1. The molecule has 4 rings (SSSR count). The summed E-state index contributed by atoms with van der Waals surface area (Å²) in [5, 5.41) is 16.9. The summed E-state index contributed by atoms with van der Waals surface area (Å²) in [5.41, 5.74) is -0.320. The molecule has 11 heteroatoms. The molecule has 30 heavy (non-hydrogen) atoms. The lowest BCUT2D eigenvalue weighted by Gasteiger charge is -2.15. The summed E-state index contributed by atoms with van der Waals surface area (Å²) in [7, 11) is 0. The molecule has 0 unspecified atom stereocenters. The average Bonchev–Trinajstić information content (AvgIpc) is 3.15. The van der Waals surface area contributed by atoms with E-state index in [4.69, 9.17) is 0 Å². The van der Waals surface area contributed by atoms with Crippen molar-refractivity contribution >= 4 is 16.9 Å². The second kappa shape index (κ2) is 6.64. The molecule has 1 aliphatic heterocycles. The number of carbonyl (C=O) groups excluding carboxylic acids is 1. The van der Waals surface area contributed by atoms with Crippen LogP contribution in [0, 0.1) is 12.8 Å². The highest BCUT2D eigenvalue weighted by Crippen LogP contribution is 2.39. The van der Waals surface area contributed by atoms with Crippen LogP contribution < -0.4 is 5.32 Å². The molecule has 158 valence electrons. The lowest BCUT2D eigenvalue weighted by molar-refractivity contribution is -0.145. The van der Waals surface area contributed by atoms with Crippen LogP contribution in [-0.2, 0) is 17.5 Å². The molecule has 0 bridgehead atoms. The lowest BCUT2D eigenvalue weighted by atomic mass is 10.00. The maximum Gasteiger partial charge on any atom is 0.416 e. The van der Waals surface area contributed by atoms with Gasteiger partial charge in [-0.3, -0.25) is 9.48 Å². The van der Waals surface area contributed by atoms with Crippen LogP contribution in [0.3, 0.4) is 0 Å². The predicted octanol–water partition coefficient (Wildman–Crippen LogP) is 3.51. The number of halogens is 5. The molecule has 1 aromatic carbocycles. The Bertz CT molecular complexity index is 1130. The van der Waals surface area contributed by atoms with Gasteiger partial charge in [0, 0.05) is 23.7 Å². The van der Waals surface area contributed by atoms with Gasteiger partial charge in [-0.1, -0.05) is 0 Å². The van der Waals surface area contributed by atoms with Crippen molar-refractivity contribution in [3.63, 3.8) is 0 Å². The van der Waals surface area contributed by atoms with Crippen molar-refractivity contribution in [2.24, 2.45) is 5.92 Å². The first-order valence-electron chi connectivity index (χ1n) is 8.88. The second-order valence-corrected chi connectivity index (χ2v) is 7.18. The molecular formula is C19H15F5N4O2. The number of carbonyl (C=O) groups is 1. The van der Waals surface area contributed by atoms with Crippen LogP contribution in [0.2, 0.25) is 0 Å². The highest BCUT2D eigenvalue weighted by atomic mass is 19.4. The van der Waals surface area contributed by atoms with Gasteiger partial charge in [0.15, 0.2) is 5.65 Å². The highest BCUT2D eigenvalue weighted by Gasteiger charge is 2.52. The van der Waals surface area contributed by atoms with Crippen molar-refractivity contribution in [2.75, 3.05) is 6.54 Å². The zero-order chi connectivity index (χ0) is 21.8. The number of nitrogens with one attached hydrogen (secondary N) is 1. The third kappa shape index (κ3) is 3.33. The molecule has 3 aromatic rings. The lowest BCUT2D eigenvalue weighted by Crippen LogP contribution is -2.34. The summed E-state index contributed by atoms with van der Waals surface area (Å²) in [6.07, 6.45) is -3.11. The number of pyridine rings is 1. The van der Waals surface area contributed by atoms with Gasteiger partial charge in [-0.05, 0) is 36.8 Å². The molecule has 1 fully saturated rings. The van der Waals surface area contributed by atoms with Gasteiger partial charge in [-0.2, -0.15) is 27.1 Å². The molecule has 2 aromatic heterocycles. The standard InChI is InChI=1S/C19H15F5N4O2/c1-9-4-11(19(22,23)24)5-14(29)15(9)13-3-2-10-7-28(27-16(10)26-13)8-12-6-25-17(30)18(12,20)21/h2-5,7,12,29H,6,8H2,1H3,(H,25,30)/t12-/m1/s1. The Morgan fingerprint density at radius 1 is 1.30 bits per heavy atom. The second-order valence-electron chi connectivity index (χ2n) is 7.18. The van der Waals surface area contributed by atoms with Crippen molar-refractivity contribution in [2.45, 2.75) is 25.6 Å². The van der Waals surface area contributed by atoms with Crippen LogP contribution in [0.15, 0.2) is 30.5 Å². The Morgan fingerprint density at radius 3 is 2.63 bits per heavy atom. The zero-order valence-electron chi connectivity index (χ0n) is 15.5. The maximum atomic E-state index is 13.9. The first-order chi connectivity index (χ1) is 14.0. The summed E-state index contributed by atoms with van der Waals surface area (Å²) in [6.45, 7) is 1.02. The number of alkyl halides is 5. The van der Waals surface area contributed by atoms with E-state index in [2.05, 4.69) is 15.4 Å². The van der Waals surface area contributed by atoms with E-state index in [1.165, 1.54) is 23.9 Å². The number of nitrogens with zero attached hydrogens (tertiary/aromatic N) is 3. The molecule has 0 aliphatic carbocycles. The smallest absolute Gasteiger partial charge is 0.416 e. The van der Waals surface area contributed by atoms with E-state index in [9.17, 15) is 31.9 Å². The number of phenols is 1.